The zero-order chi connectivity index (χ0) is 26.0. The van der Waals surface area contributed by atoms with Gasteiger partial charge in [0.05, 0.1) is 20.1 Å². The molecule has 2 aromatic heterocycles. The molecule has 4 aromatic rings. The van der Waals surface area contributed by atoms with E-state index in [1.807, 2.05) is 79.2 Å². The second-order valence-electron chi connectivity index (χ2n) is 8.65. The highest BCUT2D eigenvalue weighted by Crippen LogP contribution is 2.28. The number of carbonyl (C=O) groups is 2. The van der Waals surface area contributed by atoms with Gasteiger partial charge < -0.3 is 24.7 Å². The third kappa shape index (κ3) is 6.78. The number of fused-ring (bicyclic) bond motifs is 1. The summed E-state index contributed by atoms with van der Waals surface area (Å²) in [6.45, 7) is 3.96. The van der Waals surface area contributed by atoms with E-state index in [1.54, 1.807) is 23.3 Å². The lowest BCUT2D eigenvalue weighted by atomic mass is 10.0. The number of para-hydroxylation sites is 1. The molecule has 0 saturated heterocycles. The largest absolute Gasteiger partial charge is 0.497 e. The summed E-state index contributed by atoms with van der Waals surface area (Å²) < 4.78 is 10.7. The molecular weight excluding hydrogens is 486 g/mol. The highest BCUT2D eigenvalue weighted by Gasteiger charge is 2.32. The Labute approximate surface area is 221 Å². The summed E-state index contributed by atoms with van der Waals surface area (Å²) in [6, 6.07) is 18.4. The van der Waals surface area contributed by atoms with Gasteiger partial charge in [0.15, 0.2) is 0 Å². The minimum atomic E-state index is -0.794. The zero-order valence-electron chi connectivity index (χ0n) is 21.2. The molecule has 194 valence electrons. The van der Waals surface area contributed by atoms with Gasteiger partial charge in [0.25, 0.3) is 0 Å². The quantitative estimate of drug-likeness (QED) is 0.241. The molecule has 0 fully saturated rings. The summed E-state index contributed by atoms with van der Waals surface area (Å²) in [5.74, 6) is 0.350. The molecule has 4 rings (SSSR count). The molecule has 0 bridgehead atoms. The van der Waals surface area contributed by atoms with Crippen LogP contribution in [-0.4, -0.2) is 48.6 Å². The fourth-order valence-electron chi connectivity index (χ4n) is 4.32. The third-order valence-corrected chi connectivity index (χ3v) is 7.06. The van der Waals surface area contributed by atoms with Gasteiger partial charge in [-0.05, 0) is 54.1 Å². The summed E-state index contributed by atoms with van der Waals surface area (Å²) in [4.78, 5) is 33.5. The Balaban J connectivity index is 1.65. The Morgan fingerprint density at radius 1 is 1.08 bits per heavy atom. The Kier molecular flexibility index (Phi) is 9.35. The smallest absolute Gasteiger partial charge is 0.247 e. The summed E-state index contributed by atoms with van der Waals surface area (Å²) in [5, 5.41) is 6.01. The van der Waals surface area contributed by atoms with Gasteiger partial charge in [-0.15, -0.1) is 11.3 Å². The topological polar surface area (TPSA) is 83.7 Å². The van der Waals surface area contributed by atoms with Crippen molar-refractivity contribution in [3.63, 3.8) is 0 Å². The Morgan fingerprint density at radius 2 is 1.89 bits per heavy atom. The molecule has 0 spiro atoms. The SMILES string of the molecule is CCOCCCNC(=O)[C@@H](c1ccc(OC)cc1)N(Cc1cccs1)C(=O)Cc1c[nH]c2ccccc12. The summed E-state index contributed by atoms with van der Waals surface area (Å²) in [6.07, 6.45) is 2.75. The van der Waals surface area contributed by atoms with E-state index in [0.29, 0.717) is 38.5 Å². The molecule has 8 heteroatoms. The molecule has 0 aliphatic carbocycles. The lowest BCUT2D eigenvalue weighted by Crippen LogP contribution is -2.44. The van der Waals surface area contributed by atoms with Crippen LogP contribution in [0.15, 0.2) is 72.2 Å². The van der Waals surface area contributed by atoms with E-state index in [0.717, 1.165) is 26.9 Å². The zero-order valence-corrected chi connectivity index (χ0v) is 22.1. The fraction of sp³-hybridized carbons (Fsp3) is 0.310. The molecule has 37 heavy (non-hydrogen) atoms. The number of ether oxygens (including phenoxy) is 2. The van der Waals surface area contributed by atoms with E-state index in [1.165, 1.54) is 0 Å². The third-order valence-electron chi connectivity index (χ3n) is 6.20. The van der Waals surface area contributed by atoms with Crippen molar-refractivity contribution in [1.82, 2.24) is 15.2 Å². The number of thiophene rings is 1. The van der Waals surface area contributed by atoms with Crippen molar-refractivity contribution < 1.29 is 19.1 Å². The monoisotopic (exact) mass is 519 g/mol. The first-order valence-corrected chi connectivity index (χ1v) is 13.3. The van der Waals surface area contributed by atoms with Gasteiger partial charge in [-0.25, -0.2) is 0 Å². The number of hydrogen-bond donors (Lipinski definition) is 2. The van der Waals surface area contributed by atoms with Crippen LogP contribution in [0.1, 0.15) is 35.4 Å². The molecule has 1 atom stereocenters. The number of aromatic amines is 1. The molecule has 0 aliphatic rings. The lowest BCUT2D eigenvalue weighted by molar-refractivity contribution is -0.141. The van der Waals surface area contributed by atoms with Crippen LogP contribution in [0.4, 0.5) is 0 Å². The highest BCUT2D eigenvalue weighted by molar-refractivity contribution is 7.09. The van der Waals surface area contributed by atoms with Crippen molar-refractivity contribution in [2.45, 2.75) is 32.4 Å². The van der Waals surface area contributed by atoms with Crippen LogP contribution in [-0.2, 0) is 27.3 Å². The van der Waals surface area contributed by atoms with Crippen LogP contribution < -0.4 is 10.1 Å². The number of nitrogens with zero attached hydrogens (tertiary/aromatic N) is 1. The predicted molar refractivity (Wildman–Crippen MR) is 147 cm³/mol. The second kappa shape index (κ2) is 13.1. The van der Waals surface area contributed by atoms with Gasteiger partial charge >= 0.3 is 0 Å². The van der Waals surface area contributed by atoms with Crippen LogP contribution in [0.25, 0.3) is 10.9 Å². The van der Waals surface area contributed by atoms with E-state index in [9.17, 15) is 9.59 Å². The van der Waals surface area contributed by atoms with E-state index in [4.69, 9.17) is 9.47 Å². The van der Waals surface area contributed by atoms with Crippen LogP contribution in [0.2, 0.25) is 0 Å². The van der Waals surface area contributed by atoms with Gasteiger partial charge in [-0.1, -0.05) is 36.4 Å². The Bertz CT molecular complexity index is 1280. The average Bonchev–Trinajstić information content (AvgIpc) is 3.59. The maximum absolute atomic E-state index is 13.9. The van der Waals surface area contributed by atoms with Crippen LogP contribution >= 0.6 is 11.3 Å². The maximum Gasteiger partial charge on any atom is 0.247 e. The van der Waals surface area contributed by atoms with E-state index in [2.05, 4.69) is 10.3 Å². The molecule has 2 heterocycles. The number of hydrogen-bond acceptors (Lipinski definition) is 5. The highest BCUT2D eigenvalue weighted by atomic mass is 32.1. The second-order valence-corrected chi connectivity index (χ2v) is 9.69. The van der Waals surface area contributed by atoms with Gasteiger partial charge in [0.2, 0.25) is 11.8 Å². The number of aromatic nitrogens is 1. The van der Waals surface area contributed by atoms with Gasteiger partial charge in [-0.3, -0.25) is 9.59 Å². The Morgan fingerprint density at radius 3 is 2.62 bits per heavy atom. The summed E-state index contributed by atoms with van der Waals surface area (Å²) >= 11 is 1.57. The van der Waals surface area contributed by atoms with Crippen LogP contribution in [0.3, 0.4) is 0 Å². The van der Waals surface area contributed by atoms with Gasteiger partial charge in [0.1, 0.15) is 11.8 Å². The predicted octanol–water partition coefficient (Wildman–Crippen LogP) is 5.09. The lowest BCUT2D eigenvalue weighted by Gasteiger charge is -2.31. The first-order valence-electron chi connectivity index (χ1n) is 12.5. The number of rotatable bonds is 13. The molecule has 0 unspecified atom stereocenters. The minimum absolute atomic E-state index is 0.122. The number of H-pyrrole nitrogens is 1. The number of amides is 2. The molecule has 0 radical (unpaired) electrons. The van der Waals surface area contributed by atoms with E-state index >= 15 is 0 Å². The maximum atomic E-state index is 13.9. The van der Waals surface area contributed by atoms with Crippen LogP contribution in [0.5, 0.6) is 5.75 Å². The number of benzene rings is 2. The number of carbonyl (C=O) groups excluding carboxylic acids is 2. The number of methoxy groups -OCH3 is 1. The van der Waals surface area contributed by atoms with Crippen molar-refractivity contribution in [2.24, 2.45) is 0 Å². The van der Waals surface area contributed by atoms with E-state index in [-0.39, 0.29) is 18.2 Å². The minimum Gasteiger partial charge on any atom is -0.497 e. The van der Waals surface area contributed by atoms with Crippen molar-refractivity contribution >= 4 is 34.1 Å². The van der Waals surface area contributed by atoms with Crippen LogP contribution in [0, 0.1) is 0 Å². The van der Waals surface area contributed by atoms with Gasteiger partial charge in [-0.2, -0.15) is 0 Å². The molecule has 2 N–H and O–H groups in total. The molecule has 2 amide bonds. The summed E-state index contributed by atoms with van der Waals surface area (Å²) in [7, 11) is 1.60. The standard InChI is InChI=1S/C29H33N3O4S/c1-3-36-16-7-15-30-29(34)28(21-11-13-23(35-2)14-12-21)32(20-24-8-6-17-37-24)27(33)18-22-19-31-26-10-5-4-9-25(22)26/h4-6,8-14,17,19,28,31H,3,7,15-16,18,20H2,1-2H3,(H,30,34)/t28-/m1/s1. The van der Waals surface area contributed by atoms with Crippen molar-refractivity contribution in [3.8, 4) is 5.75 Å². The first-order chi connectivity index (χ1) is 18.1. The average molecular weight is 520 g/mol. The molecule has 2 aromatic carbocycles. The van der Waals surface area contributed by atoms with Crippen molar-refractivity contribution in [3.05, 3.63) is 88.2 Å². The fourth-order valence-corrected chi connectivity index (χ4v) is 5.02. The summed E-state index contributed by atoms with van der Waals surface area (Å²) in [5.41, 5.74) is 2.61. The molecule has 0 saturated carbocycles. The normalized spacial score (nSPS) is 11.8. The molecule has 7 nitrogen and oxygen atoms in total. The van der Waals surface area contributed by atoms with Crippen molar-refractivity contribution in [2.75, 3.05) is 26.9 Å². The first kappa shape index (κ1) is 26.4. The van der Waals surface area contributed by atoms with Crippen molar-refractivity contribution in [1.29, 1.82) is 0 Å². The molecule has 0 aliphatic heterocycles. The van der Waals surface area contributed by atoms with E-state index < -0.39 is 6.04 Å². The Hall–Kier alpha value is -3.62. The molecular formula is C29H33N3O4S. The van der Waals surface area contributed by atoms with Gasteiger partial charge in [0, 0.05) is 41.7 Å². The number of nitrogens with one attached hydrogen (secondary N) is 2.